The van der Waals surface area contributed by atoms with Crippen molar-refractivity contribution in [3.05, 3.63) is 59.6 Å². The Morgan fingerprint density at radius 3 is 2.27 bits per heavy atom. The molecule has 0 aliphatic rings. The highest BCUT2D eigenvalue weighted by Gasteiger charge is 2.31. The number of halogens is 4. The summed E-state index contributed by atoms with van der Waals surface area (Å²) in [4.78, 5) is 8.93. The van der Waals surface area contributed by atoms with Crippen molar-refractivity contribution in [3.63, 3.8) is 0 Å². The summed E-state index contributed by atoms with van der Waals surface area (Å²) >= 11 is 5.92. The Morgan fingerprint density at radius 1 is 0.933 bits per heavy atom. The summed E-state index contributed by atoms with van der Waals surface area (Å²) in [5, 5.41) is 6.94. The number of hydrogen-bond acceptors (Lipinski definition) is 5. The molecule has 0 atom stereocenters. The van der Waals surface area contributed by atoms with Gasteiger partial charge in [0.1, 0.15) is 11.6 Å². The quantitative estimate of drug-likeness (QED) is 0.469. The maximum atomic E-state index is 12.6. The van der Waals surface area contributed by atoms with Crippen LogP contribution >= 0.6 is 11.6 Å². The predicted octanol–water partition coefficient (Wildman–Crippen LogP) is 6.65. The maximum Gasteiger partial charge on any atom is 0.573 e. The molecule has 0 saturated heterocycles. The first-order valence-electron chi connectivity index (χ1n) is 9.03. The van der Waals surface area contributed by atoms with Crippen LogP contribution in [0.4, 0.5) is 30.6 Å². The van der Waals surface area contributed by atoms with Crippen LogP contribution in [0.3, 0.4) is 0 Å². The van der Waals surface area contributed by atoms with Gasteiger partial charge in [0.05, 0.1) is 5.69 Å². The fraction of sp³-hybridized carbons (Fsp3) is 0.238. The third-order valence-corrected chi connectivity index (χ3v) is 3.94. The summed E-state index contributed by atoms with van der Waals surface area (Å²) in [6, 6.07) is 14.3. The molecule has 3 rings (SSSR count). The number of aromatic nitrogens is 2. The molecular formula is C21H20ClF3N4O. The summed E-state index contributed by atoms with van der Waals surface area (Å²) in [5.41, 5.74) is 1.31. The Bertz CT molecular complexity index is 1020. The smallest absolute Gasteiger partial charge is 0.406 e. The minimum Gasteiger partial charge on any atom is -0.406 e. The first-order valence-corrected chi connectivity index (χ1v) is 9.41. The molecule has 0 aliphatic carbocycles. The first-order chi connectivity index (χ1) is 14.0. The molecular weight excluding hydrogens is 417 g/mol. The molecule has 158 valence electrons. The van der Waals surface area contributed by atoms with Crippen molar-refractivity contribution < 1.29 is 17.9 Å². The predicted molar refractivity (Wildman–Crippen MR) is 112 cm³/mol. The highest BCUT2D eigenvalue weighted by atomic mass is 35.5. The molecule has 0 saturated carbocycles. The van der Waals surface area contributed by atoms with E-state index in [2.05, 4.69) is 25.3 Å². The largest absolute Gasteiger partial charge is 0.573 e. The monoisotopic (exact) mass is 436 g/mol. The topological polar surface area (TPSA) is 59.1 Å². The lowest BCUT2D eigenvalue weighted by Crippen LogP contribution is -2.27. The van der Waals surface area contributed by atoms with E-state index in [0.29, 0.717) is 28.0 Å². The van der Waals surface area contributed by atoms with E-state index in [4.69, 9.17) is 11.6 Å². The molecule has 0 fully saturated rings. The van der Waals surface area contributed by atoms with Gasteiger partial charge >= 0.3 is 6.36 Å². The molecule has 2 aromatic carbocycles. The zero-order valence-electron chi connectivity index (χ0n) is 16.5. The van der Waals surface area contributed by atoms with Gasteiger partial charge in [-0.05, 0) is 57.2 Å². The number of ether oxygens (including phenoxy) is 1. The lowest BCUT2D eigenvalue weighted by atomic mass is 10.1. The van der Waals surface area contributed by atoms with Crippen LogP contribution < -0.4 is 15.4 Å². The van der Waals surface area contributed by atoms with Crippen LogP contribution in [0.2, 0.25) is 5.02 Å². The zero-order valence-corrected chi connectivity index (χ0v) is 17.3. The van der Waals surface area contributed by atoms with Crippen LogP contribution in [0.25, 0.3) is 11.3 Å². The van der Waals surface area contributed by atoms with Gasteiger partial charge in [0.15, 0.2) is 0 Å². The van der Waals surface area contributed by atoms with Crippen molar-refractivity contribution in [1.82, 2.24) is 9.97 Å². The van der Waals surface area contributed by atoms with Crippen LogP contribution in [-0.2, 0) is 0 Å². The van der Waals surface area contributed by atoms with E-state index in [1.807, 2.05) is 20.8 Å². The molecule has 2 N–H and O–H groups in total. The molecule has 0 radical (unpaired) electrons. The van der Waals surface area contributed by atoms with Crippen LogP contribution in [0, 0.1) is 0 Å². The van der Waals surface area contributed by atoms with Crippen molar-refractivity contribution in [2.24, 2.45) is 0 Å². The van der Waals surface area contributed by atoms with E-state index in [0.717, 1.165) is 5.69 Å². The number of benzene rings is 2. The summed E-state index contributed by atoms with van der Waals surface area (Å²) in [5.74, 6) is 0.478. The van der Waals surface area contributed by atoms with Gasteiger partial charge in [0.25, 0.3) is 0 Å². The van der Waals surface area contributed by atoms with E-state index >= 15 is 0 Å². The molecule has 0 amide bonds. The number of hydrogen-bond donors (Lipinski definition) is 2. The van der Waals surface area contributed by atoms with Gasteiger partial charge in [-0.25, -0.2) is 4.98 Å². The molecule has 0 aliphatic heterocycles. The molecule has 9 heteroatoms. The SMILES string of the molecule is CC(C)(C)Nc1nc(Nc2ccc(Cl)cc2)cc(-c2cccc(OC(F)(F)F)c2)n1. The summed E-state index contributed by atoms with van der Waals surface area (Å²) < 4.78 is 41.8. The van der Waals surface area contributed by atoms with Gasteiger partial charge in [0.2, 0.25) is 5.95 Å². The molecule has 30 heavy (non-hydrogen) atoms. The van der Waals surface area contributed by atoms with Gasteiger partial charge in [0, 0.05) is 27.9 Å². The summed E-state index contributed by atoms with van der Waals surface area (Å²) in [6.45, 7) is 5.85. The Balaban J connectivity index is 1.99. The van der Waals surface area contributed by atoms with Crippen molar-refractivity contribution >= 4 is 29.1 Å². The number of nitrogens with zero attached hydrogens (tertiary/aromatic N) is 2. The Kier molecular flexibility index (Phi) is 6.07. The van der Waals surface area contributed by atoms with Gasteiger partial charge in [-0.3, -0.25) is 0 Å². The lowest BCUT2D eigenvalue weighted by molar-refractivity contribution is -0.274. The second kappa shape index (κ2) is 8.39. The second-order valence-corrected chi connectivity index (χ2v) is 7.98. The van der Waals surface area contributed by atoms with Gasteiger partial charge in [-0.2, -0.15) is 4.98 Å². The first kappa shape index (κ1) is 21.7. The number of anilines is 3. The van der Waals surface area contributed by atoms with E-state index < -0.39 is 6.36 Å². The minimum atomic E-state index is -4.77. The fourth-order valence-corrected chi connectivity index (χ4v) is 2.71. The molecule has 1 aromatic heterocycles. The van der Waals surface area contributed by atoms with Gasteiger partial charge in [-0.15, -0.1) is 13.2 Å². The molecule has 0 bridgehead atoms. The third-order valence-electron chi connectivity index (χ3n) is 3.69. The van der Waals surface area contributed by atoms with Gasteiger partial charge in [-0.1, -0.05) is 23.7 Å². The standard InChI is InChI=1S/C21H20ClF3N4O/c1-20(2,3)29-19-27-17(13-5-4-6-16(11-13)30-21(23,24)25)12-18(28-19)26-15-9-7-14(22)8-10-15/h4-12H,1-3H3,(H2,26,27,28,29). The van der Waals surface area contributed by atoms with E-state index in [1.165, 1.54) is 18.2 Å². The van der Waals surface area contributed by atoms with E-state index in [1.54, 1.807) is 36.4 Å². The average molecular weight is 437 g/mol. The van der Waals surface area contributed by atoms with E-state index in [9.17, 15) is 13.2 Å². The third kappa shape index (κ3) is 6.52. The zero-order chi connectivity index (χ0) is 21.9. The van der Waals surface area contributed by atoms with Crippen LogP contribution in [-0.4, -0.2) is 21.9 Å². The summed E-state index contributed by atoms with van der Waals surface area (Å²) in [7, 11) is 0. The highest BCUT2D eigenvalue weighted by molar-refractivity contribution is 6.30. The Hall–Kier alpha value is -3.00. The normalized spacial score (nSPS) is 11.8. The minimum absolute atomic E-state index is 0.322. The van der Waals surface area contributed by atoms with Crippen molar-refractivity contribution in [3.8, 4) is 17.0 Å². The van der Waals surface area contributed by atoms with Gasteiger partial charge < -0.3 is 15.4 Å². The van der Waals surface area contributed by atoms with Crippen molar-refractivity contribution in [2.45, 2.75) is 32.7 Å². The molecule has 0 unspecified atom stereocenters. The second-order valence-electron chi connectivity index (χ2n) is 7.54. The average Bonchev–Trinajstić information content (AvgIpc) is 2.61. The number of alkyl halides is 3. The molecule has 5 nitrogen and oxygen atoms in total. The van der Waals surface area contributed by atoms with Crippen molar-refractivity contribution in [1.29, 1.82) is 0 Å². The highest BCUT2D eigenvalue weighted by Crippen LogP contribution is 2.30. The van der Waals surface area contributed by atoms with Crippen LogP contribution in [0.5, 0.6) is 5.75 Å². The van der Waals surface area contributed by atoms with Crippen LogP contribution in [0.15, 0.2) is 54.6 Å². The van der Waals surface area contributed by atoms with E-state index in [-0.39, 0.29) is 11.3 Å². The fourth-order valence-electron chi connectivity index (χ4n) is 2.58. The molecule has 1 heterocycles. The van der Waals surface area contributed by atoms with Crippen molar-refractivity contribution in [2.75, 3.05) is 10.6 Å². The maximum absolute atomic E-state index is 12.6. The Labute approximate surface area is 177 Å². The summed E-state index contributed by atoms with van der Waals surface area (Å²) in [6.07, 6.45) is -4.77. The number of nitrogens with one attached hydrogen (secondary N) is 2. The van der Waals surface area contributed by atoms with Crippen LogP contribution in [0.1, 0.15) is 20.8 Å². The Morgan fingerprint density at radius 2 is 1.63 bits per heavy atom. The lowest BCUT2D eigenvalue weighted by Gasteiger charge is -2.21. The molecule has 3 aromatic rings. The number of rotatable bonds is 5. The molecule has 0 spiro atoms.